The number of rotatable bonds is 64. The molecular weight excluding hydrogens is 1920 g/mol. The molecule has 743 valence electrons. The van der Waals surface area contributed by atoms with Crippen molar-refractivity contribution < 1.29 is 251 Å². The third-order valence-corrected chi connectivity index (χ3v) is 16.8. The van der Waals surface area contributed by atoms with Crippen LogP contribution in [0.25, 0.3) is 0 Å². The van der Waals surface area contributed by atoms with Gasteiger partial charge in [0, 0.05) is 235 Å². The van der Waals surface area contributed by atoms with E-state index in [-0.39, 0.29) is 39.9 Å². The summed E-state index contributed by atoms with van der Waals surface area (Å²) in [6.07, 6.45) is -25.5. The van der Waals surface area contributed by atoms with Gasteiger partial charge in [-0.1, -0.05) is 0 Å². The fraction of sp³-hybridized carbons (Fsp3) is 0.679. The van der Waals surface area contributed by atoms with E-state index >= 15 is 0 Å². The molecule has 0 bridgehead atoms. The van der Waals surface area contributed by atoms with Crippen molar-refractivity contribution in [1.29, 1.82) is 0 Å². The maximum absolute atomic E-state index is 14.8. The van der Waals surface area contributed by atoms with Gasteiger partial charge in [0.2, 0.25) is 36.2 Å². The molecule has 0 spiro atoms. The van der Waals surface area contributed by atoms with Crippen molar-refractivity contribution in [3.8, 4) is 0 Å². The fourth-order valence-corrected chi connectivity index (χ4v) is 12.0. The normalized spacial score (nSPS) is 13.5. The van der Waals surface area contributed by atoms with Crippen LogP contribution in [0.1, 0.15) is 136 Å². The Morgan fingerprint density at radius 3 is 0.568 bits per heavy atom. The van der Waals surface area contributed by atoms with Crippen LogP contribution in [-0.2, 0) is 196 Å². The van der Waals surface area contributed by atoms with Crippen LogP contribution in [-0.4, -0.2) is 384 Å². The number of carboxylic acid groups (broad SMARTS) is 3. The molecule has 0 fully saturated rings. The average Bonchev–Trinajstić information content (AvgIpc) is 0.849. The topological polar surface area (TPSA) is 708 Å². The maximum atomic E-state index is 14.8. The Hall–Kier alpha value is -12.0. The molecule has 0 aromatic carbocycles. The van der Waals surface area contributed by atoms with E-state index in [1.807, 2.05) is 0 Å². The number of esters is 16. The van der Waals surface area contributed by atoms with E-state index in [0.717, 1.165) is 135 Å². The van der Waals surface area contributed by atoms with Crippen molar-refractivity contribution in [2.75, 3.05) is 138 Å². The third-order valence-electron chi connectivity index (χ3n) is 16.8. The van der Waals surface area contributed by atoms with Crippen molar-refractivity contribution in [3.63, 3.8) is 0 Å². The number of carbonyl (C=O) groups excluding carboxylic acids is 25. The molecule has 54 heteroatoms. The summed E-state index contributed by atoms with van der Waals surface area (Å²) in [5, 5.41) is 47.0. The zero-order valence-electron chi connectivity index (χ0n) is 75.7. The van der Waals surface area contributed by atoms with Gasteiger partial charge in [-0.2, -0.15) is 0 Å². The Balaban J connectivity index is 0. The Bertz CT molecular complexity index is 3540. The SMILES string of the molecule is CC(=O)OCC[C@@H](OC(C)=O)[C@@H](OC(C)=O)[C@H](OC(C)=O)C(=O)NCCN(CCNC(=O)[C@@H](OC(C)=O)[C@H](OC(C)=O)[C@@H](CCOC(C)=O)OC(C)=O)C(=O)CN(CCN(CCN(CC(=O)[O-])CC(=O)N(CCNC(=O)[C@@H](OC(C)=O)[C@H](OC(C)=O)[C@@H](CCOC(C)=O)OC(C)=O)CCNC(=O)[C@@H](OC(C)=O)[C@H](OC(C)=O)[C@@H](CCOC(C)=O)OC(C)=O)CC(=O)[O-])CC(=O)[O-].[Gd+3]. The molecule has 12 atom stereocenters. The predicted molar refractivity (Wildman–Crippen MR) is 421 cm³/mol. The number of carbonyl (C=O) groups is 25. The molecule has 0 heterocycles. The number of nitrogens with one attached hydrogen (secondary N) is 4. The second-order valence-corrected chi connectivity index (χ2v) is 28.3. The Morgan fingerprint density at radius 2 is 0.402 bits per heavy atom. The van der Waals surface area contributed by atoms with Crippen LogP contribution < -0.4 is 36.6 Å². The molecule has 0 saturated carbocycles. The first-order valence-electron chi connectivity index (χ1n) is 40.2. The summed E-state index contributed by atoms with van der Waals surface area (Å²) in [6, 6.07) is 0. The van der Waals surface area contributed by atoms with Crippen molar-refractivity contribution in [2.24, 2.45) is 0 Å². The van der Waals surface area contributed by atoms with Gasteiger partial charge in [-0.3, -0.25) is 120 Å². The minimum Gasteiger partial charge on any atom is -0.549 e. The van der Waals surface area contributed by atoms with Crippen molar-refractivity contribution in [3.05, 3.63) is 0 Å². The molecule has 0 rings (SSSR count). The standard InChI is InChI=1S/C78H117N9O44.Gd/c1-42(88)116-33-17-58(120-46(5)92)67(124-50(9)96)71(128-54(13)100)75(112)79-21-25-86(26-22-80-76(113)72(129-55(14)101)68(125-51(10)97)59(121-47(6)93)18-34-117-43(2)89)62(104)37-84(40-65(108)109)31-29-83(39-64(106)107)30-32-85(41-66(110)111)38-63(105)87(27-23-81-77(114)73(130-56(15)102)69(126-52(11)98)60(122-48(7)94)19-35-118-44(3)90)28-24-82-78(115)74(131-57(16)103)70(127-53(12)99)61(123-49(8)95)20-36-119-45(4)91;/h58-61,67-74H,17-41H2,1-16H3,(H,79,112)(H,80,113)(H,81,114)(H,82,115)(H,106,107)(H,108,109)(H,110,111);/q;+3/p-3/t58-,59-,60-,61-,67-,68-,69-,70-,71+,72+,73+,74+;/m1./s1. The maximum Gasteiger partial charge on any atom is 3.00 e. The van der Waals surface area contributed by atoms with Gasteiger partial charge in [0.1, 0.15) is 24.4 Å². The van der Waals surface area contributed by atoms with Crippen LogP contribution in [0.15, 0.2) is 0 Å². The molecule has 132 heavy (non-hydrogen) atoms. The summed E-state index contributed by atoms with van der Waals surface area (Å²) < 4.78 is 83.4. The molecule has 53 nitrogen and oxygen atoms in total. The molecule has 0 unspecified atom stereocenters. The van der Waals surface area contributed by atoms with E-state index in [1.165, 1.54) is 0 Å². The van der Waals surface area contributed by atoms with Crippen LogP contribution in [0.2, 0.25) is 0 Å². The zero-order chi connectivity index (χ0) is 100. The van der Waals surface area contributed by atoms with Gasteiger partial charge in [0.15, 0.2) is 24.4 Å². The van der Waals surface area contributed by atoms with Gasteiger partial charge in [-0.05, 0) is 0 Å². The molecule has 6 amide bonds. The van der Waals surface area contributed by atoms with Gasteiger partial charge in [-0.25, -0.2) is 0 Å². The molecule has 0 aliphatic carbocycles. The van der Waals surface area contributed by atoms with Crippen LogP contribution >= 0.6 is 0 Å². The van der Waals surface area contributed by atoms with E-state index in [1.54, 1.807) is 0 Å². The van der Waals surface area contributed by atoms with Crippen molar-refractivity contribution in [2.45, 2.75) is 210 Å². The molecule has 0 aromatic heterocycles. The van der Waals surface area contributed by atoms with Crippen LogP contribution in [0.5, 0.6) is 0 Å². The van der Waals surface area contributed by atoms with Crippen LogP contribution in [0, 0.1) is 39.9 Å². The van der Waals surface area contributed by atoms with Gasteiger partial charge in [-0.15, -0.1) is 0 Å². The summed E-state index contributed by atoms with van der Waals surface area (Å²) >= 11 is 0. The zero-order valence-corrected chi connectivity index (χ0v) is 77.9. The number of amides is 6. The molecule has 1 radical (unpaired) electrons. The molecule has 0 aromatic rings. The van der Waals surface area contributed by atoms with E-state index in [4.69, 9.17) is 75.8 Å². The smallest absolute Gasteiger partial charge is 0.549 e. The first kappa shape index (κ1) is 122. The summed E-state index contributed by atoms with van der Waals surface area (Å²) in [5.74, 6) is -29.8. The van der Waals surface area contributed by atoms with Crippen LogP contribution in [0.4, 0.5) is 0 Å². The van der Waals surface area contributed by atoms with Gasteiger partial charge >= 0.3 is 135 Å². The third kappa shape index (κ3) is 55.9. The number of nitrogens with zero attached hydrogens (tertiary/aromatic N) is 5. The van der Waals surface area contributed by atoms with E-state index in [2.05, 4.69) is 21.3 Å². The molecular formula is C78H114GdN9O44. The molecule has 0 aliphatic heterocycles. The Kier molecular flexibility index (Phi) is 60.5. The van der Waals surface area contributed by atoms with Gasteiger partial charge < -0.3 is 137 Å². The van der Waals surface area contributed by atoms with E-state index < -0.39 is 385 Å². The average molecular weight is 2040 g/mol. The summed E-state index contributed by atoms with van der Waals surface area (Å²) in [7, 11) is 0. The number of ether oxygens (including phenoxy) is 16. The number of hydrogen-bond acceptors (Lipinski definition) is 47. The Labute approximate surface area is 788 Å². The first-order chi connectivity index (χ1) is 61.1. The minimum absolute atomic E-state index is 0. The Morgan fingerprint density at radius 1 is 0.227 bits per heavy atom. The summed E-state index contributed by atoms with van der Waals surface area (Å²) in [6.45, 7) is -1.43. The number of aliphatic carboxylic acids is 3. The molecule has 4 N–H and O–H groups in total. The fourth-order valence-electron chi connectivity index (χ4n) is 12.0. The second-order valence-electron chi connectivity index (χ2n) is 28.3. The number of carboxylic acids is 3. The summed E-state index contributed by atoms with van der Waals surface area (Å²) in [4.78, 5) is 326. The monoisotopic (exact) mass is 2040 g/mol. The first-order valence-corrected chi connectivity index (χ1v) is 40.2. The molecule has 0 aliphatic rings. The quantitative estimate of drug-likeness (QED) is 0.0324. The number of hydrogen-bond donors (Lipinski definition) is 4. The molecule has 0 saturated heterocycles. The van der Waals surface area contributed by atoms with Gasteiger partial charge in [0.05, 0.1) is 57.4 Å². The van der Waals surface area contributed by atoms with E-state index in [9.17, 15) is 135 Å². The van der Waals surface area contributed by atoms with E-state index in [0.29, 0.717) is 0 Å². The minimum atomic E-state index is -2.21. The summed E-state index contributed by atoms with van der Waals surface area (Å²) in [5.41, 5.74) is 0. The second kappa shape index (κ2) is 65.5. The van der Waals surface area contributed by atoms with Crippen LogP contribution in [0.3, 0.4) is 0 Å². The van der Waals surface area contributed by atoms with Gasteiger partial charge in [0.25, 0.3) is 23.6 Å². The van der Waals surface area contributed by atoms with Crippen molar-refractivity contribution >= 4 is 149 Å². The predicted octanol–water partition coefficient (Wildman–Crippen LogP) is -9.74. The largest absolute Gasteiger partial charge is 3.00 e. The van der Waals surface area contributed by atoms with Crippen molar-refractivity contribution in [1.82, 2.24) is 45.8 Å².